The van der Waals surface area contributed by atoms with E-state index in [0.717, 1.165) is 6.54 Å². The van der Waals surface area contributed by atoms with Crippen molar-refractivity contribution in [2.45, 2.75) is 46.7 Å². The second kappa shape index (κ2) is 6.71. The van der Waals surface area contributed by atoms with Crippen molar-refractivity contribution in [1.29, 1.82) is 0 Å². The van der Waals surface area contributed by atoms with E-state index in [0.29, 0.717) is 13.1 Å². The van der Waals surface area contributed by atoms with Crippen LogP contribution in [0.1, 0.15) is 38.8 Å². The number of carbonyl (C=O) groups excluding carboxylic acids is 1. The van der Waals surface area contributed by atoms with Gasteiger partial charge in [0.05, 0.1) is 6.54 Å². The molecular weight excluding hydrogens is 236 g/mol. The summed E-state index contributed by atoms with van der Waals surface area (Å²) >= 11 is 0. The molecular formula is C16H26N2O. The first-order valence-electron chi connectivity index (χ1n) is 6.91. The van der Waals surface area contributed by atoms with E-state index in [-0.39, 0.29) is 11.4 Å². The van der Waals surface area contributed by atoms with E-state index in [1.54, 1.807) is 0 Å². The van der Waals surface area contributed by atoms with Gasteiger partial charge in [-0.15, -0.1) is 0 Å². The zero-order valence-electron chi connectivity index (χ0n) is 12.8. The van der Waals surface area contributed by atoms with Gasteiger partial charge in [0.25, 0.3) is 0 Å². The number of likely N-dealkylation sites (N-methyl/N-ethyl adjacent to an activating group) is 1. The molecule has 0 heterocycles. The molecule has 19 heavy (non-hydrogen) atoms. The van der Waals surface area contributed by atoms with Gasteiger partial charge in [-0.05, 0) is 45.7 Å². The fourth-order valence-corrected chi connectivity index (χ4v) is 1.82. The minimum Gasteiger partial charge on any atom is -0.338 e. The van der Waals surface area contributed by atoms with Gasteiger partial charge in [0, 0.05) is 18.6 Å². The Hall–Kier alpha value is -1.35. The summed E-state index contributed by atoms with van der Waals surface area (Å²) < 4.78 is 0. The first kappa shape index (κ1) is 15.7. The Morgan fingerprint density at radius 3 is 2.42 bits per heavy atom. The maximum Gasteiger partial charge on any atom is 0.236 e. The Morgan fingerprint density at radius 1 is 1.26 bits per heavy atom. The van der Waals surface area contributed by atoms with Crippen molar-refractivity contribution in [3.63, 3.8) is 0 Å². The molecule has 0 unspecified atom stereocenters. The number of nitrogens with one attached hydrogen (secondary N) is 1. The largest absolute Gasteiger partial charge is 0.338 e. The van der Waals surface area contributed by atoms with Crippen LogP contribution in [0.4, 0.5) is 0 Å². The van der Waals surface area contributed by atoms with E-state index in [1.807, 2.05) is 24.0 Å². The first-order valence-corrected chi connectivity index (χ1v) is 6.91. The summed E-state index contributed by atoms with van der Waals surface area (Å²) in [6.45, 7) is 12.1. The molecule has 0 aromatic heterocycles. The lowest BCUT2D eigenvalue weighted by molar-refractivity contribution is -0.130. The van der Waals surface area contributed by atoms with E-state index in [2.05, 4.69) is 45.1 Å². The topological polar surface area (TPSA) is 32.3 Å². The lowest BCUT2D eigenvalue weighted by atomic mass is 10.1. The van der Waals surface area contributed by atoms with Crippen LogP contribution in [0.5, 0.6) is 0 Å². The van der Waals surface area contributed by atoms with Crippen LogP contribution in [-0.4, -0.2) is 29.4 Å². The Labute approximate surface area is 117 Å². The second-order valence-electron chi connectivity index (χ2n) is 5.94. The standard InChI is InChI=1S/C16H26N2O/c1-6-18(15(19)11-17-16(3,4)5)12-14-10-8-7-9-13(14)2/h7-10,17H,6,11-12H2,1-5H3. The Kier molecular flexibility index (Phi) is 5.55. The smallest absolute Gasteiger partial charge is 0.236 e. The molecule has 106 valence electrons. The van der Waals surface area contributed by atoms with Crippen LogP contribution in [-0.2, 0) is 11.3 Å². The fourth-order valence-electron chi connectivity index (χ4n) is 1.82. The van der Waals surface area contributed by atoms with Gasteiger partial charge in [-0.25, -0.2) is 0 Å². The van der Waals surface area contributed by atoms with Crippen LogP contribution in [0, 0.1) is 6.92 Å². The highest BCUT2D eigenvalue weighted by molar-refractivity contribution is 5.78. The molecule has 0 bridgehead atoms. The molecule has 3 heteroatoms. The van der Waals surface area contributed by atoms with Gasteiger partial charge in [0.2, 0.25) is 5.91 Å². The van der Waals surface area contributed by atoms with Crippen LogP contribution in [0.25, 0.3) is 0 Å². The summed E-state index contributed by atoms with van der Waals surface area (Å²) in [7, 11) is 0. The van der Waals surface area contributed by atoms with Crippen LogP contribution in [0.3, 0.4) is 0 Å². The molecule has 1 aromatic rings. The van der Waals surface area contributed by atoms with Crippen molar-refractivity contribution in [2.75, 3.05) is 13.1 Å². The summed E-state index contributed by atoms with van der Waals surface area (Å²) in [6.07, 6.45) is 0. The van der Waals surface area contributed by atoms with Gasteiger partial charge in [-0.2, -0.15) is 0 Å². The molecule has 3 nitrogen and oxygen atoms in total. The van der Waals surface area contributed by atoms with Crippen LogP contribution >= 0.6 is 0 Å². The van der Waals surface area contributed by atoms with Crippen molar-refractivity contribution in [3.05, 3.63) is 35.4 Å². The molecule has 0 aliphatic carbocycles. The Bertz CT molecular complexity index is 421. The number of hydrogen-bond acceptors (Lipinski definition) is 2. The molecule has 0 aliphatic heterocycles. The molecule has 0 spiro atoms. The first-order chi connectivity index (χ1) is 8.83. The van der Waals surface area contributed by atoms with Crippen LogP contribution in [0.2, 0.25) is 0 Å². The highest BCUT2D eigenvalue weighted by Crippen LogP contribution is 2.10. The van der Waals surface area contributed by atoms with E-state index < -0.39 is 0 Å². The van der Waals surface area contributed by atoms with Crippen molar-refractivity contribution >= 4 is 5.91 Å². The molecule has 0 saturated carbocycles. The number of benzene rings is 1. The highest BCUT2D eigenvalue weighted by atomic mass is 16.2. The zero-order valence-corrected chi connectivity index (χ0v) is 12.8. The molecule has 0 aliphatic rings. The second-order valence-corrected chi connectivity index (χ2v) is 5.94. The summed E-state index contributed by atoms with van der Waals surface area (Å²) in [5, 5.41) is 3.25. The predicted octanol–water partition coefficient (Wildman–Crippen LogP) is 2.73. The molecule has 1 rings (SSSR count). The summed E-state index contributed by atoms with van der Waals surface area (Å²) in [6, 6.07) is 8.22. The molecule has 0 saturated heterocycles. The SMILES string of the molecule is CCN(Cc1ccccc1C)C(=O)CNC(C)(C)C. The van der Waals surface area contributed by atoms with Gasteiger partial charge >= 0.3 is 0 Å². The Morgan fingerprint density at radius 2 is 1.89 bits per heavy atom. The van der Waals surface area contributed by atoms with Crippen molar-refractivity contribution < 1.29 is 4.79 Å². The average molecular weight is 262 g/mol. The lowest BCUT2D eigenvalue weighted by Gasteiger charge is -2.25. The quantitative estimate of drug-likeness (QED) is 0.885. The van der Waals surface area contributed by atoms with Crippen molar-refractivity contribution in [3.8, 4) is 0 Å². The Balaban J connectivity index is 2.63. The molecule has 1 aromatic carbocycles. The van der Waals surface area contributed by atoms with Gasteiger partial charge < -0.3 is 10.2 Å². The molecule has 1 amide bonds. The third-order valence-electron chi connectivity index (χ3n) is 3.13. The fraction of sp³-hybridized carbons (Fsp3) is 0.562. The third kappa shape index (κ3) is 5.43. The maximum absolute atomic E-state index is 12.2. The van der Waals surface area contributed by atoms with E-state index in [9.17, 15) is 4.79 Å². The third-order valence-corrected chi connectivity index (χ3v) is 3.13. The molecule has 0 fully saturated rings. The minimum atomic E-state index is -0.0300. The highest BCUT2D eigenvalue weighted by Gasteiger charge is 2.16. The molecule has 0 radical (unpaired) electrons. The monoisotopic (exact) mass is 262 g/mol. The summed E-state index contributed by atoms with van der Waals surface area (Å²) in [5.74, 6) is 0.153. The molecule has 0 atom stereocenters. The normalized spacial score (nSPS) is 11.4. The van der Waals surface area contributed by atoms with Gasteiger partial charge in [0.1, 0.15) is 0 Å². The van der Waals surface area contributed by atoms with Gasteiger partial charge in [-0.3, -0.25) is 4.79 Å². The van der Waals surface area contributed by atoms with Crippen molar-refractivity contribution in [1.82, 2.24) is 10.2 Å². The number of rotatable bonds is 5. The number of hydrogen-bond donors (Lipinski definition) is 1. The number of carbonyl (C=O) groups is 1. The van der Waals surface area contributed by atoms with Crippen molar-refractivity contribution in [2.24, 2.45) is 0 Å². The van der Waals surface area contributed by atoms with E-state index in [4.69, 9.17) is 0 Å². The predicted molar refractivity (Wildman–Crippen MR) is 80.0 cm³/mol. The number of amides is 1. The minimum absolute atomic E-state index is 0.0300. The number of aryl methyl sites for hydroxylation is 1. The summed E-state index contributed by atoms with van der Waals surface area (Å²) in [5.41, 5.74) is 2.42. The van der Waals surface area contributed by atoms with Crippen LogP contribution in [0.15, 0.2) is 24.3 Å². The van der Waals surface area contributed by atoms with Crippen LogP contribution < -0.4 is 5.32 Å². The van der Waals surface area contributed by atoms with E-state index in [1.165, 1.54) is 11.1 Å². The van der Waals surface area contributed by atoms with Gasteiger partial charge in [-0.1, -0.05) is 24.3 Å². The average Bonchev–Trinajstić information content (AvgIpc) is 2.34. The zero-order chi connectivity index (χ0) is 14.5. The number of nitrogens with zero attached hydrogens (tertiary/aromatic N) is 1. The lowest BCUT2D eigenvalue weighted by Crippen LogP contribution is -2.44. The van der Waals surface area contributed by atoms with E-state index >= 15 is 0 Å². The maximum atomic E-state index is 12.2. The van der Waals surface area contributed by atoms with Gasteiger partial charge in [0.15, 0.2) is 0 Å². The molecule has 1 N–H and O–H groups in total. The summed E-state index contributed by atoms with van der Waals surface area (Å²) in [4.78, 5) is 14.1.